The quantitative estimate of drug-likeness (QED) is 0.0747. The molecule has 0 radical (unpaired) electrons. The van der Waals surface area contributed by atoms with Gasteiger partial charge in [-0.2, -0.15) is 9.98 Å². The highest BCUT2D eigenvalue weighted by atomic mass is 16.7. The highest BCUT2D eigenvalue weighted by Crippen LogP contribution is 2.15. The van der Waals surface area contributed by atoms with E-state index >= 15 is 0 Å². The van der Waals surface area contributed by atoms with Crippen LogP contribution in [0.1, 0.15) is 16.7 Å². The molecule has 212 valence electrons. The summed E-state index contributed by atoms with van der Waals surface area (Å²) in [6.07, 6.45) is 4.03. The van der Waals surface area contributed by atoms with Gasteiger partial charge in [0.2, 0.25) is 19.0 Å². The highest BCUT2D eigenvalue weighted by Gasteiger charge is 2.23. The number of hydrogen-bond acceptors (Lipinski definition) is 14. The van der Waals surface area contributed by atoms with Crippen molar-refractivity contribution < 1.29 is 52.5 Å². The van der Waals surface area contributed by atoms with Gasteiger partial charge in [-0.1, -0.05) is 42.0 Å². The van der Waals surface area contributed by atoms with E-state index in [9.17, 15) is 28.8 Å². The summed E-state index contributed by atoms with van der Waals surface area (Å²) in [7, 11) is 0. The van der Waals surface area contributed by atoms with Gasteiger partial charge >= 0.3 is 23.9 Å². The van der Waals surface area contributed by atoms with Gasteiger partial charge in [0.25, 0.3) is 6.26 Å². The molecule has 0 aromatic heterocycles. The Balaban J connectivity index is 1.72. The zero-order chi connectivity index (χ0) is 30.0. The molecule has 0 aliphatic carbocycles. The first-order valence-electron chi connectivity index (χ1n) is 11.7. The standard InChI is InChI=1S/C27H23N3O11/c1-18-2-4-19(5-3-18)10-22(29-15-31)26(35)37-12-24(33)40-17-41-25(34)13-38-27(36)23(30-16-32)11-20-6-8-21(9-7-20)39-14-28/h2-9,22-23H,10-13,17H2,1H3. The van der Waals surface area contributed by atoms with E-state index in [1.807, 2.05) is 19.1 Å². The van der Waals surface area contributed by atoms with E-state index in [1.54, 1.807) is 12.1 Å². The average molecular weight is 565 g/mol. The first-order chi connectivity index (χ1) is 19.7. The van der Waals surface area contributed by atoms with Crippen molar-refractivity contribution in [3.63, 3.8) is 0 Å². The summed E-state index contributed by atoms with van der Waals surface area (Å²) in [5, 5.41) is 8.50. The lowest BCUT2D eigenvalue weighted by Crippen LogP contribution is -2.28. The van der Waals surface area contributed by atoms with Crippen LogP contribution < -0.4 is 4.74 Å². The average Bonchev–Trinajstić information content (AvgIpc) is 2.96. The van der Waals surface area contributed by atoms with E-state index in [4.69, 9.17) is 14.7 Å². The normalized spacial score (nSPS) is 11.2. The molecule has 41 heavy (non-hydrogen) atoms. The molecule has 0 saturated heterocycles. The van der Waals surface area contributed by atoms with Gasteiger partial charge in [-0.3, -0.25) is 0 Å². The van der Waals surface area contributed by atoms with Crippen molar-refractivity contribution in [2.24, 2.45) is 9.98 Å². The van der Waals surface area contributed by atoms with Gasteiger partial charge in [0.1, 0.15) is 5.75 Å². The third-order valence-corrected chi connectivity index (χ3v) is 5.13. The molecule has 0 aliphatic rings. The summed E-state index contributed by atoms with van der Waals surface area (Å²) in [4.78, 5) is 76.2. The van der Waals surface area contributed by atoms with Crippen LogP contribution in [0.25, 0.3) is 0 Å². The van der Waals surface area contributed by atoms with Gasteiger partial charge in [-0.25, -0.2) is 28.8 Å². The lowest BCUT2D eigenvalue weighted by atomic mass is 10.1. The molecule has 0 amide bonds. The fraction of sp³-hybridized carbons (Fsp3) is 0.296. The molecule has 14 heteroatoms. The Hall–Kier alpha value is -5.63. The van der Waals surface area contributed by atoms with Crippen LogP contribution in [0.3, 0.4) is 0 Å². The summed E-state index contributed by atoms with van der Waals surface area (Å²) in [6.45, 7) is -0.720. The number of nitrogens with zero attached hydrogens (tertiary/aromatic N) is 3. The molecule has 2 rings (SSSR count). The Kier molecular flexibility index (Phi) is 13.1. The van der Waals surface area contributed by atoms with Crippen molar-refractivity contribution in [3.05, 3.63) is 65.2 Å². The molecule has 0 fully saturated rings. The van der Waals surface area contributed by atoms with E-state index < -0.39 is 56.0 Å². The Labute approximate surface area is 233 Å². The second-order valence-electron chi connectivity index (χ2n) is 8.07. The van der Waals surface area contributed by atoms with Gasteiger partial charge in [0, 0.05) is 12.8 Å². The third-order valence-electron chi connectivity index (χ3n) is 5.13. The number of ether oxygens (including phenoxy) is 5. The maximum atomic E-state index is 12.2. The predicted molar refractivity (Wildman–Crippen MR) is 134 cm³/mol. The third kappa shape index (κ3) is 11.7. The zero-order valence-corrected chi connectivity index (χ0v) is 21.6. The number of carbonyl (C=O) groups is 4. The molecule has 0 saturated carbocycles. The Morgan fingerprint density at radius 3 is 1.59 bits per heavy atom. The van der Waals surface area contributed by atoms with Crippen LogP contribution in [0.2, 0.25) is 0 Å². The molecular weight excluding hydrogens is 542 g/mol. The van der Waals surface area contributed by atoms with E-state index in [2.05, 4.69) is 24.2 Å². The smallest absolute Gasteiger partial charge is 0.347 e. The van der Waals surface area contributed by atoms with Crippen molar-refractivity contribution >= 4 is 36.0 Å². The number of aryl methyl sites for hydroxylation is 1. The minimum absolute atomic E-state index is 0.0440. The van der Waals surface area contributed by atoms with Crippen molar-refractivity contribution in [1.82, 2.24) is 0 Å². The summed E-state index contributed by atoms with van der Waals surface area (Å²) in [5.74, 6) is -3.88. The van der Waals surface area contributed by atoms with Gasteiger partial charge in [0.15, 0.2) is 25.3 Å². The van der Waals surface area contributed by atoms with Crippen molar-refractivity contribution in [3.8, 4) is 12.0 Å². The number of carbonyl (C=O) groups excluding carboxylic acids is 6. The Morgan fingerprint density at radius 1 is 0.732 bits per heavy atom. The van der Waals surface area contributed by atoms with Gasteiger partial charge in [-0.05, 0) is 30.2 Å². The van der Waals surface area contributed by atoms with Crippen LogP contribution in [-0.2, 0) is 60.6 Å². The molecule has 0 aliphatic heterocycles. The molecule has 0 N–H and O–H groups in total. The van der Waals surface area contributed by atoms with E-state index in [0.717, 1.165) is 5.56 Å². The van der Waals surface area contributed by atoms with Gasteiger partial charge in [0.05, 0.1) is 0 Å². The lowest BCUT2D eigenvalue weighted by molar-refractivity contribution is -0.177. The van der Waals surface area contributed by atoms with Crippen LogP contribution in [-0.4, -0.2) is 68.1 Å². The van der Waals surface area contributed by atoms with E-state index in [1.165, 1.54) is 42.7 Å². The van der Waals surface area contributed by atoms with Crippen LogP contribution in [0.5, 0.6) is 5.75 Å². The van der Waals surface area contributed by atoms with Gasteiger partial charge < -0.3 is 23.7 Å². The molecule has 0 spiro atoms. The van der Waals surface area contributed by atoms with Crippen molar-refractivity contribution in [2.45, 2.75) is 31.8 Å². The molecule has 0 heterocycles. The number of hydrogen-bond donors (Lipinski definition) is 0. The SMILES string of the molecule is Cc1ccc(CC(N=C=O)C(=O)OCC(=O)OCOC(=O)COC(=O)C(Cc2ccc(OC#N)cc2)N=C=O)cc1. The van der Waals surface area contributed by atoms with Crippen molar-refractivity contribution in [2.75, 3.05) is 20.0 Å². The molecule has 2 aromatic rings. The first kappa shape index (κ1) is 31.6. The summed E-state index contributed by atoms with van der Waals surface area (Å²) in [6, 6.07) is 10.6. The second-order valence-corrected chi connectivity index (χ2v) is 8.07. The van der Waals surface area contributed by atoms with Crippen LogP contribution in [0.4, 0.5) is 0 Å². The lowest BCUT2D eigenvalue weighted by Gasteiger charge is -2.12. The minimum atomic E-state index is -1.31. The van der Waals surface area contributed by atoms with Gasteiger partial charge in [-0.15, -0.1) is 5.26 Å². The summed E-state index contributed by atoms with van der Waals surface area (Å²) >= 11 is 0. The molecule has 2 unspecified atom stereocenters. The van der Waals surface area contributed by atoms with Crippen LogP contribution >= 0.6 is 0 Å². The molecule has 0 bridgehead atoms. The topological polar surface area (TPSA) is 197 Å². The second kappa shape index (κ2) is 17.1. The molecular formula is C27H23N3O11. The Morgan fingerprint density at radius 2 is 1.17 bits per heavy atom. The fourth-order valence-corrected chi connectivity index (χ4v) is 3.10. The molecule has 14 nitrogen and oxygen atoms in total. The van der Waals surface area contributed by atoms with E-state index in [0.29, 0.717) is 11.1 Å². The van der Waals surface area contributed by atoms with E-state index in [-0.39, 0.29) is 18.6 Å². The highest BCUT2D eigenvalue weighted by molar-refractivity contribution is 5.82. The predicted octanol–water partition coefficient (Wildman–Crippen LogP) is 1.18. The zero-order valence-electron chi connectivity index (χ0n) is 21.6. The number of rotatable bonds is 15. The molecule has 2 aromatic carbocycles. The number of esters is 4. The summed E-state index contributed by atoms with van der Waals surface area (Å²) in [5.41, 5.74) is 2.25. The maximum Gasteiger partial charge on any atom is 0.347 e. The first-order valence-corrected chi connectivity index (χ1v) is 11.7. The monoisotopic (exact) mass is 565 g/mol. The Bertz CT molecular complexity index is 1350. The maximum absolute atomic E-state index is 12.2. The number of nitriles is 1. The number of aliphatic imine (C=N–C) groups is 2. The van der Waals surface area contributed by atoms with Crippen LogP contribution in [0, 0.1) is 18.4 Å². The fourth-order valence-electron chi connectivity index (χ4n) is 3.10. The molecule has 2 atom stereocenters. The van der Waals surface area contributed by atoms with Crippen LogP contribution in [0.15, 0.2) is 58.5 Å². The summed E-state index contributed by atoms with van der Waals surface area (Å²) < 4.78 is 23.5. The minimum Gasteiger partial charge on any atom is -0.452 e. The van der Waals surface area contributed by atoms with Crippen molar-refractivity contribution in [1.29, 1.82) is 5.26 Å². The largest absolute Gasteiger partial charge is 0.452 e. The number of isocyanates is 2. The number of benzene rings is 2.